The molecule has 0 saturated heterocycles. The SMILES string of the molecule is CCc1ccc(NC(=O)c2cnc(C(F)F)c(C#CC(=N)n3ccccc3=N)c2)cc1C1CC1. The van der Waals surface area contributed by atoms with Crippen LogP contribution in [0.15, 0.2) is 54.9 Å². The molecule has 1 aliphatic rings. The molecule has 0 atom stereocenters. The zero-order valence-corrected chi connectivity index (χ0v) is 18.5. The van der Waals surface area contributed by atoms with Crippen molar-refractivity contribution in [3.05, 3.63) is 88.3 Å². The highest BCUT2D eigenvalue weighted by Crippen LogP contribution is 2.42. The number of benzene rings is 1. The van der Waals surface area contributed by atoms with Crippen molar-refractivity contribution in [1.29, 1.82) is 10.8 Å². The number of alkyl halides is 2. The molecule has 3 N–H and O–H groups in total. The van der Waals surface area contributed by atoms with E-state index in [1.54, 1.807) is 12.1 Å². The van der Waals surface area contributed by atoms with E-state index in [2.05, 4.69) is 29.1 Å². The second-order valence-electron chi connectivity index (χ2n) is 8.01. The van der Waals surface area contributed by atoms with Crippen LogP contribution < -0.4 is 10.8 Å². The molecule has 1 aromatic carbocycles. The van der Waals surface area contributed by atoms with Crippen LogP contribution in [0, 0.1) is 22.7 Å². The summed E-state index contributed by atoms with van der Waals surface area (Å²) in [6.45, 7) is 2.10. The molecule has 0 aliphatic heterocycles. The van der Waals surface area contributed by atoms with Crippen LogP contribution in [-0.4, -0.2) is 21.3 Å². The maximum Gasteiger partial charge on any atom is 0.281 e. The van der Waals surface area contributed by atoms with Gasteiger partial charge in [-0.3, -0.25) is 25.2 Å². The van der Waals surface area contributed by atoms with E-state index in [4.69, 9.17) is 10.8 Å². The summed E-state index contributed by atoms with van der Waals surface area (Å²) in [5.74, 6) is 4.79. The number of aryl methyl sites for hydroxylation is 1. The molecule has 6 nitrogen and oxygen atoms in total. The lowest BCUT2D eigenvalue weighted by Gasteiger charge is -2.12. The quantitative estimate of drug-likeness (QED) is 0.288. The number of hydrogen-bond acceptors (Lipinski definition) is 4. The summed E-state index contributed by atoms with van der Waals surface area (Å²) in [6, 6.07) is 11.8. The van der Waals surface area contributed by atoms with E-state index < -0.39 is 18.0 Å². The van der Waals surface area contributed by atoms with E-state index in [1.807, 2.05) is 18.2 Å². The van der Waals surface area contributed by atoms with Gasteiger partial charge < -0.3 is 5.32 Å². The minimum atomic E-state index is -2.89. The Morgan fingerprint density at radius 1 is 1.26 bits per heavy atom. The van der Waals surface area contributed by atoms with Crippen molar-refractivity contribution in [2.45, 2.75) is 38.5 Å². The van der Waals surface area contributed by atoms with Gasteiger partial charge in [0.05, 0.1) is 11.1 Å². The Balaban J connectivity index is 1.60. The highest BCUT2D eigenvalue weighted by Gasteiger charge is 2.26. The fraction of sp³-hybridized carbons (Fsp3) is 0.231. The molecule has 2 heterocycles. The van der Waals surface area contributed by atoms with Crippen molar-refractivity contribution in [1.82, 2.24) is 9.55 Å². The van der Waals surface area contributed by atoms with Crippen molar-refractivity contribution in [3.8, 4) is 11.8 Å². The van der Waals surface area contributed by atoms with E-state index in [1.165, 1.54) is 34.0 Å². The first-order valence-corrected chi connectivity index (χ1v) is 10.9. The van der Waals surface area contributed by atoms with E-state index in [0.29, 0.717) is 11.6 Å². The van der Waals surface area contributed by atoms with Gasteiger partial charge in [0, 0.05) is 18.1 Å². The standard InChI is InChI=1S/C26H23F2N5O/c1-2-16-8-10-20(14-21(16)17-6-7-17)32-26(34)19-13-18(24(25(27)28)31-15-19)9-11-23(30)33-12-4-3-5-22(33)29/h3-5,8,10,12-15,17,25,29-30H,2,6-7H2,1H3,(H,32,34). The van der Waals surface area contributed by atoms with Crippen LogP contribution in [0.3, 0.4) is 0 Å². The fourth-order valence-corrected chi connectivity index (χ4v) is 3.67. The summed E-state index contributed by atoms with van der Waals surface area (Å²) >= 11 is 0. The molecule has 34 heavy (non-hydrogen) atoms. The van der Waals surface area contributed by atoms with Gasteiger partial charge in [-0.15, -0.1) is 0 Å². The highest BCUT2D eigenvalue weighted by atomic mass is 19.3. The summed E-state index contributed by atoms with van der Waals surface area (Å²) in [7, 11) is 0. The average molecular weight is 460 g/mol. The minimum absolute atomic E-state index is 0.0294. The molecule has 4 rings (SSSR count). The largest absolute Gasteiger partial charge is 0.322 e. The number of nitrogens with zero attached hydrogens (tertiary/aromatic N) is 2. The van der Waals surface area contributed by atoms with Crippen LogP contribution in [0.1, 0.15) is 64.9 Å². The topological polar surface area (TPSA) is 94.6 Å². The zero-order valence-electron chi connectivity index (χ0n) is 18.5. The first-order chi connectivity index (χ1) is 16.4. The molecule has 1 saturated carbocycles. The summed E-state index contributed by atoms with van der Waals surface area (Å²) in [5.41, 5.74) is 2.54. The summed E-state index contributed by atoms with van der Waals surface area (Å²) in [5, 5.41) is 18.7. The maximum atomic E-state index is 13.5. The van der Waals surface area contributed by atoms with Gasteiger partial charge in [0.1, 0.15) is 11.2 Å². The predicted octanol–water partition coefficient (Wildman–Crippen LogP) is 4.87. The fourth-order valence-electron chi connectivity index (χ4n) is 3.67. The smallest absolute Gasteiger partial charge is 0.281 e. The Hall–Kier alpha value is -4.12. The third-order valence-electron chi connectivity index (χ3n) is 5.61. The number of pyridine rings is 2. The van der Waals surface area contributed by atoms with E-state index in [0.717, 1.165) is 25.5 Å². The number of aromatic nitrogens is 2. The lowest BCUT2D eigenvalue weighted by atomic mass is 10.0. The Kier molecular flexibility index (Phi) is 6.64. The van der Waals surface area contributed by atoms with Crippen LogP contribution in [0.2, 0.25) is 0 Å². The number of anilines is 1. The van der Waals surface area contributed by atoms with Gasteiger partial charge in [-0.2, -0.15) is 0 Å². The van der Waals surface area contributed by atoms with Gasteiger partial charge >= 0.3 is 0 Å². The van der Waals surface area contributed by atoms with Gasteiger partial charge in [0.2, 0.25) is 0 Å². The molecule has 1 fully saturated rings. The van der Waals surface area contributed by atoms with E-state index in [-0.39, 0.29) is 22.5 Å². The molecule has 0 unspecified atom stereocenters. The van der Waals surface area contributed by atoms with Crippen LogP contribution >= 0.6 is 0 Å². The van der Waals surface area contributed by atoms with Crippen molar-refractivity contribution in [3.63, 3.8) is 0 Å². The second kappa shape index (κ2) is 9.79. The van der Waals surface area contributed by atoms with Crippen molar-refractivity contribution >= 4 is 17.4 Å². The predicted molar refractivity (Wildman–Crippen MR) is 125 cm³/mol. The van der Waals surface area contributed by atoms with Gasteiger partial charge in [0.25, 0.3) is 12.3 Å². The van der Waals surface area contributed by atoms with Crippen molar-refractivity contribution < 1.29 is 13.6 Å². The maximum absolute atomic E-state index is 13.5. The summed E-state index contributed by atoms with van der Waals surface area (Å²) < 4.78 is 28.2. The van der Waals surface area contributed by atoms with Crippen LogP contribution in [0.25, 0.3) is 0 Å². The lowest BCUT2D eigenvalue weighted by molar-refractivity contribution is 0.102. The molecule has 172 valence electrons. The normalized spacial score (nSPS) is 12.7. The molecule has 2 aromatic heterocycles. The number of carbonyl (C=O) groups is 1. The third kappa shape index (κ3) is 5.09. The van der Waals surface area contributed by atoms with Gasteiger partial charge in [-0.05, 0) is 72.6 Å². The van der Waals surface area contributed by atoms with Gasteiger partial charge in [-0.25, -0.2) is 8.78 Å². The number of nitrogens with one attached hydrogen (secondary N) is 3. The molecule has 1 aliphatic carbocycles. The molecule has 0 spiro atoms. The van der Waals surface area contributed by atoms with E-state index in [9.17, 15) is 13.6 Å². The molecular formula is C26H23F2N5O. The number of halogens is 2. The molecule has 0 radical (unpaired) electrons. The minimum Gasteiger partial charge on any atom is -0.322 e. The molecule has 1 amide bonds. The van der Waals surface area contributed by atoms with Crippen LogP contribution in [-0.2, 0) is 6.42 Å². The van der Waals surface area contributed by atoms with Gasteiger partial charge in [0.15, 0.2) is 5.84 Å². The molecule has 0 bridgehead atoms. The van der Waals surface area contributed by atoms with Gasteiger partial charge in [-0.1, -0.05) is 25.0 Å². The summed E-state index contributed by atoms with van der Waals surface area (Å²) in [6.07, 6.45) is 2.89. The highest BCUT2D eigenvalue weighted by molar-refractivity contribution is 6.04. The number of rotatable bonds is 5. The molecule has 3 aromatic rings. The van der Waals surface area contributed by atoms with Crippen molar-refractivity contribution in [2.75, 3.05) is 5.32 Å². The average Bonchev–Trinajstić information content (AvgIpc) is 3.68. The number of hydrogen-bond donors (Lipinski definition) is 3. The Bertz CT molecular complexity index is 1380. The van der Waals surface area contributed by atoms with E-state index >= 15 is 0 Å². The number of amides is 1. The second-order valence-corrected chi connectivity index (χ2v) is 8.01. The van der Waals surface area contributed by atoms with Crippen LogP contribution in [0.4, 0.5) is 14.5 Å². The monoisotopic (exact) mass is 459 g/mol. The summed E-state index contributed by atoms with van der Waals surface area (Å²) in [4.78, 5) is 16.6. The Morgan fingerprint density at radius 3 is 2.74 bits per heavy atom. The Morgan fingerprint density at radius 2 is 2.06 bits per heavy atom. The first kappa shape index (κ1) is 23.1. The first-order valence-electron chi connectivity index (χ1n) is 10.9. The number of carbonyl (C=O) groups excluding carboxylic acids is 1. The lowest BCUT2D eigenvalue weighted by Crippen LogP contribution is -2.23. The van der Waals surface area contributed by atoms with Crippen LogP contribution in [0.5, 0.6) is 0 Å². The third-order valence-corrected chi connectivity index (χ3v) is 5.61. The molecule has 8 heteroatoms. The Labute approximate surface area is 195 Å². The van der Waals surface area contributed by atoms with Crippen molar-refractivity contribution in [2.24, 2.45) is 0 Å². The molecular weight excluding hydrogens is 436 g/mol. The zero-order chi connectivity index (χ0) is 24.2.